The number of hydrogen-bond donors (Lipinski definition) is 0. The highest BCUT2D eigenvalue weighted by atomic mass is 16.3. The van der Waals surface area contributed by atoms with Gasteiger partial charge >= 0.3 is 0 Å². The summed E-state index contributed by atoms with van der Waals surface area (Å²) in [5.41, 5.74) is -0.847. The average Bonchev–Trinajstić information content (AvgIpc) is 1.88. The van der Waals surface area contributed by atoms with E-state index in [9.17, 15) is 5.11 Å². The number of rotatable bonds is 1. The van der Waals surface area contributed by atoms with E-state index < -0.39 is 5.72 Å². The molecule has 0 unspecified atom stereocenters. The molecule has 0 aromatic carbocycles. The molecule has 2 nitrogen and oxygen atoms in total. The fourth-order valence-electron chi connectivity index (χ4n) is 1.43. The van der Waals surface area contributed by atoms with Crippen LogP contribution in [-0.2, 0) is 5.11 Å². The van der Waals surface area contributed by atoms with E-state index in [0.29, 0.717) is 0 Å². The summed E-state index contributed by atoms with van der Waals surface area (Å²) >= 11 is 0. The molecule has 1 fully saturated rings. The summed E-state index contributed by atoms with van der Waals surface area (Å²) in [6, 6.07) is 0. The summed E-state index contributed by atoms with van der Waals surface area (Å²) in [6.45, 7) is 5.49. The van der Waals surface area contributed by atoms with Crippen LogP contribution in [0.3, 0.4) is 0 Å². The number of hydrogen-bond acceptors (Lipinski definition) is 1. The van der Waals surface area contributed by atoms with Gasteiger partial charge in [0.2, 0.25) is 0 Å². The molecule has 0 aromatic heterocycles. The maximum Gasteiger partial charge on any atom is 0.151 e. The van der Waals surface area contributed by atoms with Gasteiger partial charge in [0.25, 0.3) is 0 Å². The molecule has 0 aliphatic carbocycles. The van der Waals surface area contributed by atoms with Crippen molar-refractivity contribution in [2.75, 3.05) is 13.1 Å². The van der Waals surface area contributed by atoms with Gasteiger partial charge in [0.15, 0.2) is 5.72 Å². The summed E-state index contributed by atoms with van der Waals surface area (Å²) in [5, 5.41) is 11.4. The van der Waals surface area contributed by atoms with Gasteiger partial charge in [-0.3, -0.25) is 4.90 Å². The van der Waals surface area contributed by atoms with E-state index in [0.717, 1.165) is 13.1 Å². The zero-order chi connectivity index (χ0) is 7.61. The molecule has 0 atom stereocenters. The van der Waals surface area contributed by atoms with Crippen LogP contribution in [0.4, 0.5) is 0 Å². The van der Waals surface area contributed by atoms with E-state index >= 15 is 0 Å². The van der Waals surface area contributed by atoms with Gasteiger partial charge < -0.3 is 0 Å². The first-order valence-electron chi connectivity index (χ1n) is 4.06. The van der Waals surface area contributed by atoms with Crippen LogP contribution in [0.2, 0.25) is 0 Å². The predicted molar refractivity (Wildman–Crippen MR) is 40.2 cm³/mol. The Morgan fingerprint density at radius 2 is 1.60 bits per heavy atom. The zero-order valence-corrected chi connectivity index (χ0v) is 6.89. The van der Waals surface area contributed by atoms with Crippen molar-refractivity contribution < 1.29 is 5.11 Å². The summed E-state index contributed by atoms with van der Waals surface area (Å²) in [6.07, 6.45) is 3.70. The number of nitrogens with zero attached hydrogens (tertiary/aromatic N) is 1. The van der Waals surface area contributed by atoms with Gasteiger partial charge in [0, 0.05) is 13.1 Å². The van der Waals surface area contributed by atoms with Crippen molar-refractivity contribution >= 4 is 0 Å². The Kier molecular flexibility index (Phi) is 2.32. The second-order valence-electron chi connectivity index (χ2n) is 3.49. The molecule has 10 heavy (non-hydrogen) atoms. The van der Waals surface area contributed by atoms with E-state index in [4.69, 9.17) is 0 Å². The van der Waals surface area contributed by atoms with Crippen LogP contribution in [0, 0.1) is 0 Å². The molecule has 0 saturated carbocycles. The Balaban J connectivity index is 2.39. The molecule has 1 saturated heterocycles. The minimum absolute atomic E-state index is 0.847. The highest BCUT2D eigenvalue weighted by Gasteiger charge is 2.26. The first-order chi connectivity index (χ1) is 4.61. The van der Waals surface area contributed by atoms with Crippen molar-refractivity contribution in [3.63, 3.8) is 0 Å². The Hall–Kier alpha value is -0.0800. The van der Waals surface area contributed by atoms with Crippen LogP contribution in [0.15, 0.2) is 0 Å². The third kappa shape index (κ3) is 1.96. The molecule has 2 heteroatoms. The first kappa shape index (κ1) is 8.02. The van der Waals surface area contributed by atoms with Gasteiger partial charge in [0.1, 0.15) is 0 Å². The van der Waals surface area contributed by atoms with Crippen LogP contribution >= 0.6 is 0 Å². The standard InChI is InChI=1S/C8H16NO/c1-8(2,10)9-6-4-3-5-7-9/h3-7H2,1-2H3. The minimum Gasteiger partial charge on any atom is -0.274 e. The van der Waals surface area contributed by atoms with Crippen molar-refractivity contribution in [1.29, 1.82) is 0 Å². The SMILES string of the molecule is CC(C)([O])N1CCCCC1. The van der Waals surface area contributed by atoms with Crippen LogP contribution in [-0.4, -0.2) is 23.7 Å². The Labute approximate surface area is 62.8 Å². The summed E-state index contributed by atoms with van der Waals surface area (Å²) < 4.78 is 0. The van der Waals surface area contributed by atoms with Gasteiger partial charge in [0.05, 0.1) is 0 Å². The van der Waals surface area contributed by atoms with Gasteiger partial charge in [-0.25, -0.2) is 5.11 Å². The zero-order valence-electron chi connectivity index (χ0n) is 6.89. The van der Waals surface area contributed by atoms with E-state index in [1.807, 2.05) is 4.90 Å². The normalized spacial score (nSPS) is 23.1. The lowest BCUT2D eigenvalue weighted by Crippen LogP contribution is -2.45. The molecule has 1 radical (unpaired) electrons. The number of piperidine rings is 1. The fraction of sp³-hybridized carbons (Fsp3) is 1.00. The monoisotopic (exact) mass is 142 g/mol. The Morgan fingerprint density at radius 3 is 1.90 bits per heavy atom. The van der Waals surface area contributed by atoms with E-state index in [2.05, 4.69) is 0 Å². The maximum atomic E-state index is 11.4. The molecular formula is C8H16NO. The first-order valence-corrected chi connectivity index (χ1v) is 4.06. The maximum absolute atomic E-state index is 11.4. The van der Waals surface area contributed by atoms with Crippen LogP contribution in [0.25, 0.3) is 0 Å². The minimum atomic E-state index is -0.847. The van der Waals surface area contributed by atoms with Gasteiger partial charge in [-0.15, -0.1) is 0 Å². The third-order valence-electron chi connectivity index (χ3n) is 2.12. The molecular weight excluding hydrogens is 126 g/mol. The third-order valence-corrected chi connectivity index (χ3v) is 2.12. The Morgan fingerprint density at radius 1 is 1.10 bits per heavy atom. The van der Waals surface area contributed by atoms with Crippen molar-refractivity contribution in [2.24, 2.45) is 0 Å². The largest absolute Gasteiger partial charge is 0.274 e. The highest BCUT2D eigenvalue weighted by molar-refractivity contribution is 4.72. The van der Waals surface area contributed by atoms with Crippen LogP contribution < -0.4 is 0 Å². The topological polar surface area (TPSA) is 23.1 Å². The molecule has 1 rings (SSSR count). The molecule has 0 amide bonds. The molecule has 0 bridgehead atoms. The van der Waals surface area contributed by atoms with Crippen molar-refractivity contribution in [3.05, 3.63) is 0 Å². The van der Waals surface area contributed by atoms with E-state index in [-0.39, 0.29) is 0 Å². The molecule has 59 valence electrons. The highest BCUT2D eigenvalue weighted by Crippen LogP contribution is 2.17. The summed E-state index contributed by atoms with van der Waals surface area (Å²) in [5.74, 6) is 0. The Bertz CT molecular complexity index is 100. The van der Waals surface area contributed by atoms with Crippen molar-refractivity contribution in [2.45, 2.75) is 38.8 Å². The van der Waals surface area contributed by atoms with Gasteiger partial charge in [-0.1, -0.05) is 6.42 Å². The lowest BCUT2D eigenvalue weighted by atomic mass is 10.1. The van der Waals surface area contributed by atoms with E-state index in [1.54, 1.807) is 13.8 Å². The van der Waals surface area contributed by atoms with Gasteiger partial charge in [-0.2, -0.15) is 0 Å². The smallest absolute Gasteiger partial charge is 0.151 e. The lowest BCUT2D eigenvalue weighted by molar-refractivity contribution is -0.133. The predicted octanol–water partition coefficient (Wildman–Crippen LogP) is 1.64. The van der Waals surface area contributed by atoms with Crippen molar-refractivity contribution in [3.8, 4) is 0 Å². The molecule has 0 spiro atoms. The molecule has 0 N–H and O–H groups in total. The fourth-order valence-corrected chi connectivity index (χ4v) is 1.43. The van der Waals surface area contributed by atoms with Crippen LogP contribution in [0.1, 0.15) is 33.1 Å². The number of likely N-dealkylation sites (tertiary alicyclic amines) is 1. The summed E-state index contributed by atoms with van der Waals surface area (Å²) in [7, 11) is 0. The molecule has 1 aliphatic rings. The summed E-state index contributed by atoms with van der Waals surface area (Å²) in [4.78, 5) is 2.02. The molecule has 0 aromatic rings. The quantitative estimate of drug-likeness (QED) is 0.546. The van der Waals surface area contributed by atoms with Gasteiger partial charge in [-0.05, 0) is 26.7 Å². The average molecular weight is 142 g/mol. The van der Waals surface area contributed by atoms with Crippen LogP contribution in [0.5, 0.6) is 0 Å². The second-order valence-corrected chi connectivity index (χ2v) is 3.49. The second kappa shape index (κ2) is 2.89. The lowest BCUT2D eigenvalue weighted by Gasteiger charge is -2.34. The van der Waals surface area contributed by atoms with E-state index in [1.165, 1.54) is 19.3 Å². The molecule has 1 heterocycles. The molecule has 1 aliphatic heterocycles. The van der Waals surface area contributed by atoms with Crippen molar-refractivity contribution in [1.82, 2.24) is 4.90 Å².